The molecule has 0 saturated heterocycles. The fourth-order valence-corrected chi connectivity index (χ4v) is 2.01. The first-order valence-electron chi connectivity index (χ1n) is 7.95. The van der Waals surface area contributed by atoms with E-state index in [-0.39, 0.29) is 0 Å². The van der Waals surface area contributed by atoms with Crippen LogP contribution in [0.5, 0.6) is 0 Å². The predicted molar refractivity (Wildman–Crippen MR) is 86.0 cm³/mol. The molecule has 0 amide bonds. The molecule has 0 unspecified atom stereocenters. The summed E-state index contributed by atoms with van der Waals surface area (Å²) >= 11 is 0. The average molecular weight is 331 g/mol. The van der Waals surface area contributed by atoms with Crippen LogP contribution in [0.3, 0.4) is 0 Å². The van der Waals surface area contributed by atoms with Crippen LogP contribution in [-0.2, 0) is 21.1 Å². The number of pyridine rings is 1. The minimum absolute atomic E-state index is 0.808. The second-order valence-corrected chi connectivity index (χ2v) is 6.31. The van der Waals surface area contributed by atoms with Crippen LogP contribution < -0.4 is 4.57 Å². The molecule has 6 heteroatoms. The Balaban J connectivity index is 0.000000626. The molecule has 0 atom stereocenters. The molecule has 0 spiro atoms. The molecular formula is C16H29NO4S. The number of aryl methyl sites for hydroxylation is 1. The molecule has 128 valence electrons. The lowest BCUT2D eigenvalue weighted by Crippen LogP contribution is -2.32. The summed E-state index contributed by atoms with van der Waals surface area (Å²) in [6.45, 7) is 3.45. The van der Waals surface area contributed by atoms with Gasteiger partial charge in [0.25, 0.3) is 0 Å². The van der Waals surface area contributed by atoms with E-state index in [9.17, 15) is 13.0 Å². The molecule has 1 aromatic rings. The molecule has 0 aliphatic carbocycles. The maximum absolute atomic E-state index is 9.22. The maximum atomic E-state index is 9.22. The Morgan fingerprint density at radius 1 is 0.909 bits per heavy atom. The maximum Gasteiger partial charge on any atom is 0.217 e. The summed E-state index contributed by atoms with van der Waals surface area (Å²) in [7, 11) is -3.60. The van der Waals surface area contributed by atoms with Crippen molar-refractivity contribution in [1.82, 2.24) is 0 Å². The lowest BCUT2D eigenvalue weighted by atomic mass is 10.1. The van der Waals surface area contributed by atoms with Gasteiger partial charge in [0.2, 0.25) is 10.4 Å². The topological polar surface area (TPSA) is 70.3 Å². The third kappa shape index (κ3) is 15.4. The van der Waals surface area contributed by atoms with Crippen LogP contribution >= 0.6 is 0 Å². The summed E-state index contributed by atoms with van der Waals surface area (Å²) in [5.74, 6) is 0. The normalized spacial score (nSPS) is 10.9. The van der Waals surface area contributed by atoms with Crippen molar-refractivity contribution in [2.45, 2.75) is 64.8 Å². The van der Waals surface area contributed by atoms with Gasteiger partial charge in [-0.05, 0) is 6.42 Å². The molecule has 0 fully saturated rings. The second kappa shape index (κ2) is 13.7. The van der Waals surface area contributed by atoms with E-state index in [0.717, 1.165) is 7.11 Å². The Hall–Kier alpha value is -0.980. The quantitative estimate of drug-likeness (QED) is 0.286. The third-order valence-electron chi connectivity index (χ3n) is 3.25. The molecule has 0 saturated carbocycles. The van der Waals surface area contributed by atoms with Crippen LogP contribution in [0.15, 0.2) is 30.6 Å². The van der Waals surface area contributed by atoms with Crippen molar-refractivity contribution < 1.29 is 21.7 Å². The Labute approximate surface area is 135 Å². The van der Waals surface area contributed by atoms with Gasteiger partial charge in [0.1, 0.15) is 6.54 Å². The summed E-state index contributed by atoms with van der Waals surface area (Å²) in [4.78, 5) is 0. The average Bonchev–Trinajstić information content (AvgIpc) is 2.51. The molecule has 1 heterocycles. The number of unbranched alkanes of at least 4 members (excludes halogenated alkanes) is 7. The van der Waals surface area contributed by atoms with Crippen LogP contribution in [0.2, 0.25) is 0 Å². The molecular weight excluding hydrogens is 302 g/mol. The molecule has 1 rings (SSSR count). The van der Waals surface area contributed by atoms with E-state index in [1.807, 2.05) is 0 Å². The summed E-state index contributed by atoms with van der Waals surface area (Å²) in [5.41, 5.74) is 0. The minimum Gasteiger partial charge on any atom is -0.726 e. The minimum atomic E-state index is -4.41. The van der Waals surface area contributed by atoms with E-state index in [4.69, 9.17) is 0 Å². The van der Waals surface area contributed by atoms with Crippen molar-refractivity contribution >= 4 is 10.4 Å². The van der Waals surface area contributed by atoms with Crippen LogP contribution in [-0.4, -0.2) is 20.1 Å². The molecule has 0 aliphatic heterocycles. The Kier molecular flexibility index (Phi) is 13.1. The van der Waals surface area contributed by atoms with Crippen molar-refractivity contribution in [3.63, 3.8) is 0 Å². The summed E-state index contributed by atoms with van der Waals surface area (Å²) < 4.78 is 33.3. The molecule has 0 radical (unpaired) electrons. The standard InChI is InChI=1S/C15H26N.CH4O4S/c1-2-3-4-5-6-7-8-10-13-16-14-11-9-12-15-16;1-5-6(2,3)4/h9,11-12,14-15H,2-8,10,13H2,1H3;1H3,(H,2,3,4)/q+1;/p-1. The third-order valence-corrected chi connectivity index (χ3v) is 3.66. The molecule has 0 aromatic carbocycles. The first-order valence-corrected chi connectivity index (χ1v) is 9.28. The zero-order valence-corrected chi connectivity index (χ0v) is 14.6. The van der Waals surface area contributed by atoms with Gasteiger partial charge in [-0.3, -0.25) is 4.18 Å². The Morgan fingerprint density at radius 2 is 1.36 bits per heavy atom. The van der Waals surface area contributed by atoms with Crippen molar-refractivity contribution in [2.75, 3.05) is 7.11 Å². The van der Waals surface area contributed by atoms with E-state index in [1.165, 1.54) is 57.9 Å². The van der Waals surface area contributed by atoms with Crippen molar-refractivity contribution in [3.8, 4) is 0 Å². The molecule has 1 aromatic heterocycles. The highest BCUT2D eigenvalue weighted by Gasteiger charge is 1.97. The van der Waals surface area contributed by atoms with Gasteiger partial charge in [-0.25, -0.2) is 13.0 Å². The van der Waals surface area contributed by atoms with Crippen LogP contribution in [0, 0.1) is 0 Å². The van der Waals surface area contributed by atoms with Crippen LogP contribution in [0.1, 0.15) is 58.3 Å². The summed E-state index contributed by atoms with van der Waals surface area (Å²) in [6, 6.07) is 6.28. The second-order valence-electron chi connectivity index (χ2n) is 5.16. The highest BCUT2D eigenvalue weighted by atomic mass is 32.3. The van der Waals surface area contributed by atoms with Gasteiger partial charge >= 0.3 is 0 Å². The molecule has 0 aliphatic rings. The lowest BCUT2D eigenvalue weighted by molar-refractivity contribution is -0.697. The van der Waals surface area contributed by atoms with Crippen molar-refractivity contribution in [3.05, 3.63) is 30.6 Å². The van der Waals surface area contributed by atoms with E-state index >= 15 is 0 Å². The molecule has 22 heavy (non-hydrogen) atoms. The van der Waals surface area contributed by atoms with E-state index < -0.39 is 10.4 Å². The number of hydrogen-bond donors (Lipinski definition) is 0. The largest absolute Gasteiger partial charge is 0.726 e. The summed E-state index contributed by atoms with van der Waals surface area (Å²) in [6.07, 6.45) is 15.5. The molecule has 0 N–H and O–H groups in total. The van der Waals surface area contributed by atoms with Gasteiger partial charge < -0.3 is 4.55 Å². The fourth-order valence-electron chi connectivity index (χ4n) is 2.01. The Bertz CT molecular complexity index is 448. The van der Waals surface area contributed by atoms with E-state index in [1.54, 1.807) is 0 Å². The predicted octanol–water partition coefficient (Wildman–Crippen LogP) is 3.21. The fraction of sp³-hybridized carbons (Fsp3) is 0.688. The molecule has 0 bridgehead atoms. The number of rotatable bonds is 10. The number of aromatic nitrogens is 1. The monoisotopic (exact) mass is 331 g/mol. The van der Waals surface area contributed by atoms with Crippen molar-refractivity contribution in [1.29, 1.82) is 0 Å². The first-order chi connectivity index (χ1) is 10.5. The van der Waals surface area contributed by atoms with Gasteiger partial charge in [-0.1, -0.05) is 51.5 Å². The van der Waals surface area contributed by atoms with Gasteiger partial charge in [-0.15, -0.1) is 0 Å². The lowest BCUT2D eigenvalue weighted by Gasteiger charge is -2.00. The first kappa shape index (κ1) is 21.0. The number of nitrogens with zero attached hydrogens (tertiary/aromatic N) is 1. The Morgan fingerprint density at radius 3 is 1.82 bits per heavy atom. The number of hydrogen-bond acceptors (Lipinski definition) is 4. The zero-order chi connectivity index (χ0) is 16.7. The highest BCUT2D eigenvalue weighted by molar-refractivity contribution is 7.80. The van der Waals surface area contributed by atoms with Gasteiger partial charge in [0.15, 0.2) is 12.4 Å². The van der Waals surface area contributed by atoms with E-state index in [2.05, 4.69) is 46.3 Å². The van der Waals surface area contributed by atoms with Crippen molar-refractivity contribution in [2.24, 2.45) is 0 Å². The van der Waals surface area contributed by atoms with Gasteiger partial charge in [0, 0.05) is 18.6 Å². The van der Waals surface area contributed by atoms with E-state index in [0.29, 0.717) is 0 Å². The highest BCUT2D eigenvalue weighted by Crippen LogP contribution is 2.08. The van der Waals surface area contributed by atoms with Crippen LogP contribution in [0.25, 0.3) is 0 Å². The van der Waals surface area contributed by atoms with Gasteiger partial charge in [0.05, 0.1) is 7.11 Å². The summed E-state index contributed by atoms with van der Waals surface area (Å²) in [5, 5.41) is 0. The smallest absolute Gasteiger partial charge is 0.217 e. The molecule has 5 nitrogen and oxygen atoms in total. The SMILES string of the molecule is CCCCCCCCCC[n+]1ccccc1.COS(=O)(=O)[O-]. The zero-order valence-electron chi connectivity index (χ0n) is 13.7. The van der Waals surface area contributed by atoms with Gasteiger partial charge in [-0.2, -0.15) is 0 Å². The van der Waals surface area contributed by atoms with Crippen LogP contribution in [0.4, 0.5) is 0 Å².